The minimum Gasteiger partial charge on any atom is -0.484 e. The van der Waals surface area contributed by atoms with Crippen LogP contribution < -0.4 is 10.5 Å². The third-order valence-electron chi connectivity index (χ3n) is 4.43. The van der Waals surface area contributed by atoms with Crippen molar-refractivity contribution in [3.8, 4) is 5.75 Å². The molecule has 26 heavy (non-hydrogen) atoms. The van der Waals surface area contributed by atoms with Crippen molar-refractivity contribution in [3.05, 3.63) is 48.2 Å². The quantitative estimate of drug-likeness (QED) is 0.837. The number of benzene rings is 1. The summed E-state index contributed by atoms with van der Waals surface area (Å²) in [6.07, 6.45) is 2.52. The van der Waals surface area contributed by atoms with Crippen molar-refractivity contribution in [3.63, 3.8) is 0 Å². The van der Waals surface area contributed by atoms with Crippen LogP contribution in [-0.4, -0.2) is 58.5 Å². The summed E-state index contributed by atoms with van der Waals surface area (Å²) in [5.74, 6) is 1.18. The highest BCUT2D eigenvalue weighted by atomic mass is 19.1. The van der Waals surface area contributed by atoms with E-state index < -0.39 is 0 Å². The predicted molar refractivity (Wildman–Crippen MR) is 94.8 cm³/mol. The van der Waals surface area contributed by atoms with Crippen LogP contribution >= 0.6 is 0 Å². The van der Waals surface area contributed by atoms with Gasteiger partial charge in [-0.3, -0.25) is 9.69 Å². The number of nitrogens with two attached hydrogens (primary N) is 1. The fourth-order valence-corrected chi connectivity index (χ4v) is 2.94. The van der Waals surface area contributed by atoms with Crippen molar-refractivity contribution >= 4 is 11.7 Å². The molecular weight excluding hydrogens is 337 g/mol. The lowest BCUT2D eigenvalue weighted by Crippen LogP contribution is -2.38. The minimum atomic E-state index is -0.335. The Morgan fingerprint density at radius 3 is 2.88 bits per heavy atom. The standard InChI is InChI=1S/C18H22FN5O2/c1-23(11-17-21-8-6-16(20)22-17)14-7-9-24(10-14)18(25)12-26-15-4-2-13(19)3-5-15/h2-6,8,14H,7,9-12H2,1H3,(H2,20,21,22)/t14-/m1/s1. The molecule has 1 aromatic carbocycles. The first-order valence-corrected chi connectivity index (χ1v) is 8.45. The first-order chi connectivity index (χ1) is 12.5. The number of hydrogen-bond donors (Lipinski definition) is 1. The highest BCUT2D eigenvalue weighted by molar-refractivity contribution is 5.78. The van der Waals surface area contributed by atoms with E-state index >= 15 is 0 Å². The maximum absolute atomic E-state index is 12.9. The molecule has 2 aromatic rings. The van der Waals surface area contributed by atoms with Gasteiger partial charge in [-0.15, -0.1) is 0 Å². The summed E-state index contributed by atoms with van der Waals surface area (Å²) >= 11 is 0. The smallest absolute Gasteiger partial charge is 0.260 e. The number of aromatic nitrogens is 2. The van der Waals surface area contributed by atoms with Crippen molar-refractivity contribution in [2.24, 2.45) is 0 Å². The van der Waals surface area contributed by atoms with E-state index in [1.54, 1.807) is 17.2 Å². The zero-order chi connectivity index (χ0) is 18.5. The Morgan fingerprint density at radius 1 is 1.38 bits per heavy atom. The number of carbonyl (C=O) groups is 1. The van der Waals surface area contributed by atoms with Gasteiger partial charge >= 0.3 is 0 Å². The van der Waals surface area contributed by atoms with Crippen LogP contribution in [0, 0.1) is 5.82 Å². The van der Waals surface area contributed by atoms with Crippen molar-refractivity contribution in [2.75, 3.05) is 32.5 Å². The molecule has 2 N–H and O–H groups in total. The number of halogens is 1. The summed E-state index contributed by atoms with van der Waals surface area (Å²) in [6.45, 7) is 1.83. The van der Waals surface area contributed by atoms with E-state index in [2.05, 4.69) is 14.9 Å². The first-order valence-electron chi connectivity index (χ1n) is 8.45. The Hall–Kier alpha value is -2.74. The molecule has 0 radical (unpaired) electrons. The Labute approximate surface area is 151 Å². The van der Waals surface area contributed by atoms with Gasteiger partial charge in [0.1, 0.15) is 23.2 Å². The molecule has 0 aliphatic carbocycles. The molecule has 7 nitrogen and oxygen atoms in total. The fraction of sp³-hybridized carbons (Fsp3) is 0.389. The molecule has 3 rings (SSSR count). The van der Waals surface area contributed by atoms with E-state index in [0.29, 0.717) is 37.0 Å². The number of nitrogen functional groups attached to an aromatic ring is 1. The number of likely N-dealkylation sites (tertiary alicyclic amines) is 1. The maximum Gasteiger partial charge on any atom is 0.260 e. The van der Waals surface area contributed by atoms with Gasteiger partial charge in [0.05, 0.1) is 6.54 Å². The topological polar surface area (TPSA) is 84.6 Å². The van der Waals surface area contributed by atoms with E-state index in [-0.39, 0.29) is 24.4 Å². The summed E-state index contributed by atoms with van der Waals surface area (Å²) in [4.78, 5) is 24.7. The summed E-state index contributed by atoms with van der Waals surface area (Å²) in [7, 11) is 1.99. The molecule has 138 valence electrons. The summed E-state index contributed by atoms with van der Waals surface area (Å²) in [6, 6.07) is 7.51. The highest BCUT2D eigenvalue weighted by Gasteiger charge is 2.29. The van der Waals surface area contributed by atoms with Crippen LogP contribution in [-0.2, 0) is 11.3 Å². The zero-order valence-electron chi connectivity index (χ0n) is 14.6. The normalized spacial score (nSPS) is 16.9. The number of amides is 1. The van der Waals surface area contributed by atoms with Crippen LogP contribution in [0.3, 0.4) is 0 Å². The molecular formula is C18H22FN5O2. The van der Waals surface area contributed by atoms with Gasteiger partial charge in [0, 0.05) is 25.3 Å². The van der Waals surface area contributed by atoms with Gasteiger partial charge in [-0.25, -0.2) is 14.4 Å². The second-order valence-corrected chi connectivity index (χ2v) is 6.34. The molecule has 1 aliphatic rings. The second kappa shape index (κ2) is 8.09. The Kier molecular flexibility index (Phi) is 5.62. The molecule has 0 unspecified atom stereocenters. The number of nitrogens with zero attached hydrogens (tertiary/aromatic N) is 4. The van der Waals surface area contributed by atoms with Gasteiger partial charge in [-0.05, 0) is 43.8 Å². The van der Waals surface area contributed by atoms with E-state index in [9.17, 15) is 9.18 Å². The summed E-state index contributed by atoms with van der Waals surface area (Å²) in [5.41, 5.74) is 5.68. The molecule has 2 heterocycles. The minimum absolute atomic E-state index is 0.0552. The van der Waals surface area contributed by atoms with Gasteiger partial charge in [0.2, 0.25) is 0 Å². The Morgan fingerprint density at radius 2 is 2.15 bits per heavy atom. The number of ether oxygens (including phenoxy) is 1. The number of hydrogen-bond acceptors (Lipinski definition) is 6. The lowest BCUT2D eigenvalue weighted by atomic mass is 10.2. The van der Waals surface area contributed by atoms with Crippen LogP contribution in [0.5, 0.6) is 5.75 Å². The van der Waals surface area contributed by atoms with Gasteiger partial charge < -0.3 is 15.4 Å². The van der Waals surface area contributed by atoms with Gasteiger partial charge in [0.15, 0.2) is 6.61 Å². The Bertz CT molecular complexity index is 756. The molecule has 1 aliphatic heterocycles. The highest BCUT2D eigenvalue weighted by Crippen LogP contribution is 2.17. The lowest BCUT2D eigenvalue weighted by Gasteiger charge is -2.24. The second-order valence-electron chi connectivity index (χ2n) is 6.34. The predicted octanol–water partition coefficient (Wildman–Crippen LogP) is 1.31. The average Bonchev–Trinajstić information content (AvgIpc) is 3.11. The average molecular weight is 359 g/mol. The molecule has 1 aromatic heterocycles. The number of anilines is 1. The van der Waals surface area contributed by atoms with Crippen LogP contribution in [0.1, 0.15) is 12.2 Å². The van der Waals surface area contributed by atoms with Gasteiger partial charge in [0.25, 0.3) is 5.91 Å². The molecule has 1 atom stereocenters. The molecule has 1 fully saturated rings. The SMILES string of the molecule is CN(Cc1nccc(N)n1)[C@@H]1CCN(C(=O)COc2ccc(F)cc2)C1. The van der Waals surface area contributed by atoms with Gasteiger partial charge in [-0.1, -0.05) is 0 Å². The van der Waals surface area contributed by atoms with E-state index in [1.807, 2.05) is 7.05 Å². The summed E-state index contributed by atoms with van der Waals surface area (Å²) < 4.78 is 18.3. The third kappa shape index (κ3) is 4.66. The number of rotatable bonds is 6. The van der Waals surface area contributed by atoms with Gasteiger partial charge in [-0.2, -0.15) is 0 Å². The third-order valence-corrected chi connectivity index (χ3v) is 4.43. The van der Waals surface area contributed by atoms with E-state index in [4.69, 9.17) is 10.5 Å². The van der Waals surface area contributed by atoms with E-state index in [1.165, 1.54) is 24.3 Å². The zero-order valence-corrected chi connectivity index (χ0v) is 14.6. The van der Waals surface area contributed by atoms with Crippen LogP contribution in [0.25, 0.3) is 0 Å². The van der Waals surface area contributed by atoms with Crippen LogP contribution in [0.15, 0.2) is 36.5 Å². The molecule has 1 amide bonds. The van der Waals surface area contributed by atoms with Crippen molar-refractivity contribution in [1.29, 1.82) is 0 Å². The van der Waals surface area contributed by atoms with Crippen LogP contribution in [0.2, 0.25) is 0 Å². The maximum atomic E-state index is 12.9. The van der Waals surface area contributed by atoms with Crippen LogP contribution in [0.4, 0.5) is 10.2 Å². The molecule has 1 saturated heterocycles. The van der Waals surface area contributed by atoms with Crippen molar-refractivity contribution < 1.29 is 13.9 Å². The molecule has 8 heteroatoms. The Balaban J connectivity index is 1.47. The van der Waals surface area contributed by atoms with Crippen molar-refractivity contribution in [2.45, 2.75) is 19.0 Å². The molecule has 0 spiro atoms. The fourth-order valence-electron chi connectivity index (χ4n) is 2.94. The van der Waals surface area contributed by atoms with E-state index in [0.717, 1.165) is 6.42 Å². The van der Waals surface area contributed by atoms with Crippen molar-refractivity contribution in [1.82, 2.24) is 19.8 Å². The largest absolute Gasteiger partial charge is 0.484 e. The molecule has 0 bridgehead atoms. The lowest BCUT2D eigenvalue weighted by molar-refractivity contribution is -0.132. The summed E-state index contributed by atoms with van der Waals surface area (Å²) in [5, 5.41) is 0. The number of likely N-dealkylation sites (N-methyl/N-ethyl adjacent to an activating group) is 1. The first kappa shape index (κ1) is 18.1. The number of carbonyl (C=O) groups excluding carboxylic acids is 1. The molecule has 0 saturated carbocycles. The monoisotopic (exact) mass is 359 g/mol.